The number of rotatable bonds is 11. The quantitative estimate of drug-likeness (QED) is 0.228. The number of aromatic hydroxyl groups is 1. The van der Waals surface area contributed by atoms with Gasteiger partial charge in [0.05, 0.1) is 17.5 Å². The lowest BCUT2D eigenvalue weighted by Crippen LogP contribution is -2.41. The molecule has 0 saturated carbocycles. The Bertz CT molecular complexity index is 1440. The molecule has 40 heavy (non-hydrogen) atoms. The van der Waals surface area contributed by atoms with Gasteiger partial charge in [0, 0.05) is 0 Å². The molecular formula is C28H32FN3O7S. The van der Waals surface area contributed by atoms with E-state index in [-0.39, 0.29) is 22.9 Å². The van der Waals surface area contributed by atoms with Crippen LogP contribution in [0.4, 0.5) is 20.6 Å². The zero-order valence-electron chi connectivity index (χ0n) is 22.2. The first-order valence-corrected chi connectivity index (χ1v) is 14.0. The van der Waals surface area contributed by atoms with Gasteiger partial charge in [-0.1, -0.05) is 56.3 Å². The van der Waals surface area contributed by atoms with Crippen LogP contribution in [0.15, 0.2) is 66.7 Å². The SMILES string of the molecule is CC(C)Cc1ccc(NS(=O)(=O)C(c2ccccc2)C(OC(N)=O)C(C)O)c(NC(=O)c2c(O)cccc2F)c1. The molecule has 0 saturated heterocycles. The highest BCUT2D eigenvalue weighted by Crippen LogP contribution is 2.35. The van der Waals surface area contributed by atoms with Crippen molar-refractivity contribution in [3.8, 4) is 5.75 Å². The fourth-order valence-corrected chi connectivity index (χ4v) is 6.02. The fraction of sp³-hybridized carbons (Fsp3) is 0.286. The Morgan fingerprint density at radius 2 is 1.68 bits per heavy atom. The number of aliphatic hydroxyl groups is 1. The number of carbonyl (C=O) groups is 2. The van der Waals surface area contributed by atoms with Gasteiger partial charge < -0.3 is 26.0 Å². The highest BCUT2D eigenvalue weighted by atomic mass is 32.2. The van der Waals surface area contributed by atoms with Crippen molar-refractivity contribution in [2.75, 3.05) is 10.0 Å². The Morgan fingerprint density at radius 1 is 1.00 bits per heavy atom. The zero-order chi connectivity index (χ0) is 29.6. The van der Waals surface area contributed by atoms with E-state index in [1.807, 2.05) is 13.8 Å². The van der Waals surface area contributed by atoms with Gasteiger partial charge in [0.15, 0.2) is 6.10 Å². The van der Waals surface area contributed by atoms with Crippen LogP contribution in [0.3, 0.4) is 0 Å². The summed E-state index contributed by atoms with van der Waals surface area (Å²) in [5.41, 5.74) is 5.42. The number of phenolic OH excluding ortho intramolecular Hbond substituents is 1. The third-order valence-corrected chi connectivity index (χ3v) is 7.65. The molecule has 0 aliphatic heterocycles. The summed E-state index contributed by atoms with van der Waals surface area (Å²) in [6.45, 7) is 5.21. The molecule has 3 atom stereocenters. The van der Waals surface area contributed by atoms with E-state index < -0.39 is 56.6 Å². The zero-order valence-corrected chi connectivity index (χ0v) is 23.0. The molecule has 6 N–H and O–H groups in total. The maximum atomic E-state index is 14.4. The number of sulfonamides is 1. The van der Waals surface area contributed by atoms with Crippen LogP contribution in [0.1, 0.15) is 47.5 Å². The molecule has 0 aromatic heterocycles. The molecule has 3 unspecified atom stereocenters. The number of hydrogen-bond acceptors (Lipinski definition) is 7. The lowest BCUT2D eigenvalue weighted by atomic mass is 10.0. The number of halogens is 1. The van der Waals surface area contributed by atoms with Gasteiger partial charge in [-0.3, -0.25) is 9.52 Å². The van der Waals surface area contributed by atoms with E-state index in [9.17, 15) is 32.6 Å². The second kappa shape index (κ2) is 12.8. The van der Waals surface area contributed by atoms with Crippen molar-refractivity contribution in [3.63, 3.8) is 0 Å². The van der Waals surface area contributed by atoms with E-state index in [0.717, 1.165) is 17.7 Å². The number of ether oxygens (including phenoxy) is 1. The predicted octanol–water partition coefficient (Wildman–Crippen LogP) is 4.31. The van der Waals surface area contributed by atoms with Crippen LogP contribution in [0.25, 0.3) is 0 Å². The topological polar surface area (TPSA) is 168 Å². The number of nitrogens with two attached hydrogens (primary N) is 1. The number of hydrogen-bond donors (Lipinski definition) is 5. The average molecular weight is 574 g/mol. The van der Waals surface area contributed by atoms with Crippen molar-refractivity contribution in [1.29, 1.82) is 0 Å². The number of aliphatic hydroxyl groups excluding tert-OH is 1. The first kappa shape index (κ1) is 30.4. The second-order valence-electron chi connectivity index (χ2n) is 9.69. The summed E-state index contributed by atoms with van der Waals surface area (Å²) in [5.74, 6) is -2.34. The number of anilines is 2. The van der Waals surface area contributed by atoms with Crippen molar-refractivity contribution in [3.05, 3.63) is 89.2 Å². The van der Waals surface area contributed by atoms with Gasteiger partial charge in [-0.05, 0) is 54.7 Å². The highest BCUT2D eigenvalue weighted by Gasteiger charge is 2.40. The number of primary amides is 1. The summed E-state index contributed by atoms with van der Waals surface area (Å²) in [6.07, 6.45) is -3.72. The first-order valence-electron chi connectivity index (χ1n) is 12.4. The molecule has 0 bridgehead atoms. The third-order valence-electron chi connectivity index (χ3n) is 5.94. The molecule has 12 heteroatoms. The van der Waals surface area contributed by atoms with E-state index >= 15 is 0 Å². The number of amides is 2. The Hall–Kier alpha value is -4.16. The van der Waals surface area contributed by atoms with Crippen molar-refractivity contribution in [1.82, 2.24) is 0 Å². The second-order valence-corrected chi connectivity index (χ2v) is 11.5. The molecule has 2 amide bonds. The van der Waals surface area contributed by atoms with E-state index in [2.05, 4.69) is 10.0 Å². The predicted molar refractivity (Wildman–Crippen MR) is 149 cm³/mol. The molecule has 0 heterocycles. The minimum absolute atomic E-state index is 0.00870. The molecule has 0 aliphatic carbocycles. The summed E-state index contributed by atoms with van der Waals surface area (Å²) < 4.78 is 49.5. The lowest BCUT2D eigenvalue weighted by Gasteiger charge is -2.29. The van der Waals surface area contributed by atoms with Gasteiger partial charge in [0.1, 0.15) is 22.4 Å². The van der Waals surface area contributed by atoms with E-state index in [0.29, 0.717) is 6.42 Å². The molecule has 0 aliphatic rings. The maximum absolute atomic E-state index is 14.4. The monoisotopic (exact) mass is 573 g/mol. The summed E-state index contributed by atoms with van der Waals surface area (Å²) in [4.78, 5) is 24.6. The Kier molecular flexibility index (Phi) is 9.72. The smallest absolute Gasteiger partial charge is 0.404 e. The van der Waals surface area contributed by atoms with Crippen molar-refractivity contribution in [2.45, 2.75) is 44.6 Å². The lowest BCUT2D eigenvalue weighted by molar-refractivity contribution is 0.0134. The number of carbonyl (C=O) groups excluding carboxylic acids is 2. The molecule has 3 aromatic carbocycles. The number of benzene rings is 3. The minimum atomic E-state index is -4.51. The standard InChI is InChI=1S/C28H32FN3O7S/c1-16(2)14-18-12-13-21(22(15-18)31-27(35)24-20(29)10-7-11-23(24)34)32-40(37,38)26(19-8-5-4-6-9-19)25(17(3)33)39-28(30)36/h4-13,15-17,25-26,32-34H,14H2,1-3H3,(H2,30,36)(H,31,35). The Balaban J connectivity index is 2.09. The Morgan fingerprint density at radius 3 is 2.25 bits per heavy atom. The summed E-state index contributed by atoms with van der Waals surface area (Å²) in [7, 11) is -4.51. The van der Waals surface area contributed by atoms with Crippen molar-refractivity contribution >= 4 is 33.4 Å². The Labute approximate surface area is 232 Å². The van der Waals surface area contributed by atoms with E-state index in [1.165, 1.54) is 37.3 Å². The van der Waals surface area contributed by atoms with Crippen molar-refractivity contribution < 1.29 is 37.3 Å². The molecule has 214 valence electrons. The molecule has 10 nitrogen and oxygen atoms in total. The summed E-state index contributed by atoms with van der Waals surface area (Å²) in [6, 6.07) is 15.8. The number of nitrogens with one attached hydrogen (secondary N) is 2. The van der Waals surface area contributed by atoms with Gasteiger partial charge >= 0.3 is 6.09 Å². The van der Waals surface area contributed by atoms with Gasteiger partial charge in [-0.15, -0.1) is 0 Å². The van der Waals surface area contributed by atoms with Crippen LogP contribution in [-0.2, 0) is 21.2 Å². The van der Waals surface area contributed by atoms with Gasteiger partial charge in [0.25, 0.3) is 5.91 Å². The van der Waals surface area contributed by atoms with Crippen LogP contribution < -0.4 is 15.8 Å². The van der Waals surface area contributed by atoms with Crippen LogP contribution in [0.2, 0.25) is 0 Å². The summed E-state index contributed by atoms with van der Waals surface area (Å²) in [5, 5.41) is 21.3. The molecule has 0 fully saturated rings. The molecular weight excluding hydrogens is 541 g/mol. The normalized spacial score (nSPS) is 13.8. The molecule has 3 aromatic rings. The average Bonchev–Trinajstić information content (AvgIpc) is 2.85. The minimum Gasteiger partial charge on any atom is -0.507 e. The van der Waals surface area contributed by atoms with Crippen LogP contribution >= 0.6 is 0 Å². The number of phenols is 1. The van der Waals surface area contributed by atoms with Gasteiger partial charge in [-0.25, -0.2) is 17.6 Å². The molecule has 0 radical (unpaired) electrons. The van der Waals surface area contributed by atoms with E-state index in [1.54, 1.807) is 24.3 Å². The fourth-order valence-electron chi connectivity index (χ4n) is 4.26. The molecule has 0 spiro atoms. The maximum Gasteiger partial charge on any atom is 0.404 e. The van der Waals surface area contributed by atoms with Gasteiger partial charge in [-0.2, -0.15) is 0 Å². The van der Waals surface area contributed by atoms with E-state index in [4.69, 9.17) is 10.5 Å². The van der Waals surface area contributed by atoms with Crippen LogP contribution in [-0.4, -0.2) is 42.8 Å². The van der Waals surface area contributed by atoms with Crippen LogP contribution in [0, 0.1) is 11.7 Å². The van der Waals surface area contributed by atoms with Crippen molar-refractivity contribution in [2.24, 2.45) is 11.7 Å². The highest BCUT2D eigenvalue weighted by molar-refractivity contribution is 7.93. The van der Waals surface area contributed by atoms with Gasteiger partial charge in [0.2, 0.25) is 10.0 Å². The first-order chi connectivity index (χ1) is 18.8. The largest absolute Gasteiger partial charge is 0.507 e. The third kappa shape index (κ3) is 7.48. The summed E-state index contributed by atoms with van der Waals surface area (Å²) >= 11 is 0. The van der Waals surface area contributed by atoms with Crippen LogP contribution in [0.5, 0.6) is 5.75 Å². The molecule has 3 rings (SSSR count).